The van der Waals surface area contributed by atoms with E-state index in [9.17, 15) is 9.90 Å². The van der Waals surface area contributed by atoms with Gasteiger partial charge in [-0.05, 0) is 74.2 Å². The zero-order chi connectivity index (χ0) is 26.8. The predicted octanol–water partition coefficient (Wildman–Crippen LogP) is 6.32. The number of unbranched alkanes of at least 4 members (excludes halogenated alkanes) is 1. The second kappa shape index (κ2) is 10.7. The Morgan fingerprint density at radius 3 is 2.68 bits per heavy atom. The molecular weight excluding hydrogens is 482 g/mol. The first kappa shape index (κ1) is 25.4. The Morgan fingerprint density at radius 1 is 1.11 bits per heavy atom. The van der Waals surface area contributed by atoms with Crippen molar-refractivity contribution in [3.63, 3.8) is 0 Å². The number of rotatable bonds is 10. The minimum atomic E-state index is -0.486. The van der Waals surface area contributed by atoms with E-state index in [1.807, 2.05) is 57.2 Å². The first-order chi connectivity index (χ1) is 18.4. The van der Waals surface area contributed by atoms with Crippen LogP contribution in [0.3, 0.4) is 0 Å². The van der Waals surface area contributed by atoms with E-state index in [1.165, 1.54) is 0 Å². The molecule has 2 aromatic carbocycles. The first-order valence-corrected chi connectivity index (χ1v) is 13.0. The smallest absolute Gasteiger partial charge is 0.273 e. The molecule has 2 N–H and O–H groups in total. The Morgan fingerprint density at radius 2 is 1.95 bits per heavy atom. The van der Waals surface area contributed by atoms with Crippen molar-refractivity contribution in [1.29, 1.82) is 0 Å². The molecule has 8 heteroatoms. The van der Waals surface area contributed by atoms with Gasteiger partial charge in [0.05, 0.1) is 32.1 Å². The molecule has 198 valence electrons. The van der Waals surface area contributed by atoms with Crippen LogP contribution in [0.4, 0.5) is 0 Å². The van der Waals surface area contributed by atoms with E-state index >= 15 is 0 Å². The molecule has 1 atom stereocenters. The van der Waals surface area contributed by atoms with Crippen LogP contribution in [0.25, 0.3) is 11.3 Å². The fourth-order valence-electron chi connectivity index (χ4n) is 5.03. The van der Waals surface area contributed by atoms with Gasteiger partial charge in [0, 0.05) is 11.1 Å². The molecule has 1 aliphatic heterocycles. The summed E-state index contributed by atoms with van der Waals surface area (Å²) >= 11 is 0. The number of aromatic nitrogens is 2. The van der Waals surface area contributed by atoms with E-state index in [4.69, 9.17) is 13.9 Å². The Bertz CT molecular complexity index is 1440. The number of hydrogen-bond acceptors (Lipinski definition) is 6. The summed E-state index contributed by atoms with van der Waals surface area (Å²) in [5.74, 6) is 1.92. The molecule has 4 aromatic rings. The van der Waals surface area contributed by atoms with Crippen molar-refractivity contribution in [2.75, 3.05) is 13.2 Å². The molecule has 2 aromatic heterocycles. The number of aromatic amines is 1. The number of phenolic OH excluding ortho intramolecular Hbond substituents is 1. The van der Waals surface area contributed by atoms with Gasteiger partial charge in [0.15, 0.2) is 11.5 Å². The average molecular weight is 516 g/mol. The largest absolute Gasteiger partial charge is 0.507 e. The topological polar surface area (TPSA) is 101 Å². The lowest BCUT2D eigenvalue weighted by Gasteiger charge is -2.26. The summed E-state index contributed by atoms with van der Waals surface area (Å²) in [7, 11) is 0. The summed E-state index contributed by atoms with van der Waals surface area (Å²) in [4.78, 5) is 15.5. The molecule has 0 radical (unpaired) electrons. The molecule has 5 rings (SSSR count). The fraction of sp³-hybridized carbons (Fsp3) is 0.333. The quantitative estimate of drug-likeness (QED) is 0.240. The van der Waals surface area contributed by atoms with Gasteiger partial charge in [-0.25, -0.2) is 0 Å². The van der Waals surface area contributed by atoms with Gasteiger partial charge >= 0.3 is 0 Å². The number of H-pyrrole nitrogens is 1. The summed E-state index contributed by atoms with van der Waals surface area (Å²) in [6.45, 7) is 9.23. The van der Waals surface area contributed by atoms with Crippen LogP contribution in [0.2, 0.25) is 0 Å². The molecule has 0 bridgehead atoms. The minimum Gasteiger partial charge on any atom is -0.507 e. The number of aromatic hydroxyl groups is 1. The van der Waals surface area contributed by atoms with Gasteiger partial charge in [-0.1, -0.05) is 25.5 Å². The van der Waals surface area contributed by atoms with Crippen LogP contribution in [-0.4, -0.2) is 39.3 Å². The number of ether oxygens (including phenoxy) is 2. The van der Waals surface area contributed by atoms with E-state index in [2.05, 4.69) is 17.1 Å². The maximum Gasteiger partial charge on any atom is 0.273 e. The number of aryl methyl sites for hydroxylation is 2. The van der Waals surface area contributed by atoms with Crippen molar-refractivity contribution in [2.45, 2.75) is 53.1 Å². The van der Waals surface area contributed by atoms with Crippen molar-refractivity contribution in [3.05, 3.63) is 82.4 Å². The van der Waals surface area contributed by atoms with Crippen molar-refractivity contribution in [3.8, 4) is 28.5 Å². The van der Waals surface area contributed by atoms with E-state index in [1.54, 1.807) is 17.2 Å². The number of amides is 1. The van der Waals surface area contributed by atoms with Gasteiger partial charge in [0.2, 0.25) is 0 Å². The minimum absolute atomic E-state index is 0.148. The first-order valence-electron chi connectivity index (χ1n) is 13.0. The molecule has 8 nitrogen and oxygen atoms in total. The highest BCUT2D eigenvalue weighted by molar-refractivity contribution is 6.00. The molecule has 0 fully saturated rings. The SMILES string of the molecule is CCCCOc1ccc(C2c3c(-c4cc(C)cc(C)c4O)n[nH]c3C(=O)N2Cc2ccco2)cc1OCC. The molecule has 38 heavy (non-hydrogen) atoms. The van der Waals surface area contributed by atoms with Gasteiger partial charge in [-0.3, -0.25) is 9.89 Å². The fourth-order valence-corrected chi connectivity index (χ4v) is 5.03. The third kappa shape index (κ3) is 4.62. The molecule has 1 amide bonds. The lowest BCUT2D eigenvalue weighted by molar-refractivity contribution is 0.0716. The monoisotopic (exact) mass is 515 g/mol. The van der Waals surface area contributed by atoms with E-state index in [0.29, 0.717) is 53.0 Å². The number of carbonyl (C=O) groups excluding carboxylic acids is 1. The van der Waals surface area contributed by atoms with Crippen LogP contribution >= 0.6 is 0 Å². The van der Waals surface area contributed by atoms with Crippen LogP contribution in [0, 0.1) is 13.8 Å². The van der Waals surface area contributed by atoms with Crippen LogP contribution in [-0.2, 0) is 6.54 Å². The number of furan rings is 1. The number of nitrogens with zero attached hydrogens (tertiary/aromatic N) is 2. The van der Waals surface area contributed by atoms with Gasteiger partial charge in [-0.15, -0.1) is 0 Å². The van der Waals surface area contributed by atoms with Crippen molar-refractivity contribution in [1.82, 2.24) is 15.1 Å². The third-order valence-electron chi connectivity index (χ3n) is 6.81. The number of carbonyl (C=O) groups is 1. The second-order valence-corrected chi connectivity index (χ2v) is 9.60. The van der Waals surface area contributed by atoms with Gasteiger partial charge in [-0.2, -0.15) is 5.10 Å². The Labute approximate surface area is 222 Å². The zero-order valence-electron chi connectivity index (χ0n) is 22.2. The van der Waals surface area contributed by atoms with Crippen LogP contribution in [0.1, 0.15) is 71.2 Å². The number of nitrogens with one attached hydrogen (secondary N) is 1. The molecule has 1 aliphatic rings. The highest BCUT2D eigenvalue weighted by atomic mass is 16.5. The molecule has 1 unspecified atom stereocenters. The zero-order valence-corrected chi connectivity index (χ0v) is 22.2. The van der Waals surface area contributed by atoms with Gasteiger partial charge < -0.3 is 23.9 Å². The highest BCUT2D eigenvalue weighted by Gasteiger charge is 2.43. The summed E-state index contributed by atoms with van der Waals surface area (Å²) in [5.41, 5.74) is 4.83. The average Bonchev–Trinajstić information content (AvgIpc) is 3.62. The van der Waals surface area contributed by atoms with Gasteiger partial charge in [0.1, 0.15) is 22.9 Å². The lowest BCUT2D eigenvalue weighted by Crippen LogP contribution is -2.29. The Hall–Kier alpha value is -4.20. The molecule has 0 saturated heterocycles. The molecule has 0 spiro atoms. The van der Waals surface area contributed by atoms with Crippen molar-refractivity contribution < 1.29 is 23.8 Å². The maximum absolute atomic E-state index is 13.7. The number of hydrogen-bond donors (Lipinski definition) is 2. The third-order valence-corrected chi connectivity index (χ3v) is 6.81. The van der Waals surface area contributed by atoms with Crippen LogP contribution in [0.15, 0.2) is 53.1 Å². The number of fused-ring (bicyclic) bond motifs is 1. The van der Waals surface area contributed by atoms with Crippen molar-refractivity contribution >= 4 is 5.91 Å². The summed E-state index contributed by atoms with van der Waals surface area (Å²) in [6, 6.07) is 12.8. The van der Waals surface area contributed by atoms with Gasteiger partial charge in [0.25, 0.3) is 5.91 Å². The van der Waals surface area contributed by atoms with E-state index in [-0.39, 0.29) is 18.2 Å². The predicted molar refractivity (Wildman–Crippen MR) is 144 cm³/mol. The number of benzene rings is 2. The number of phenols is 1. The normalized spacial score (nSPS) is 14.7. The summed E-state index contributed by atoms with van der Waals surface area (Å²) in [6.07, 6.45) is 3.58. The standard InChI is InChI=1S/C30H33N3O5/c1-5-7-12-38-23-11-10-20(16-24(23)36-6-2)28-25-26(22-15-18(3)14-19(4)29(22)34)31-32-27(25)30(35)33(28)17-21-9-8-13-37-21/h8-11,13-16,28,34H,5-7,12,17H2,1-4H3,(H,31,32). The highest BCUT2D eigenvalue weighted by Crippen LogP contribution is 2.47. The Kier molecular flexibility index (Phi) is 7.13. The molecular formula is C30H33N3O5. The summed E-state index contributed by atoms with van der Waals surface area (Å²) < 4.78 is 17.6. The summed E-state index contributed by atoms with van der Waals surface area (Å²) in [5, 5.41) is 18.5. The Balaban J connectivity index is 1.65. The second-order valence-electron chi connectivity index (χ2n) is 9.60. The van der Waals surface area contributed by atoms with Crippen molar-refractivity contribution in [2.24, 2.45) is 0 Å². The van der Waals surface area contributed by atoms with E-state index in [0.717, 1.165) is 29.5 Å². The molecule has 0 saturated carbocycles. The molecule has 3 heterocycles. The lowest BCUT2D eigenvalue weighted by atomic mass is 9.94. The van der Waals surface area contributed by atoms with E-state index < -0.39 is 6.04 Å². The maximum atomic E-state index is 13.7. The molecule has 0 aliphatic carbocycles. The van der Waals surface area contributed by atoms with Crippen LogP contribution < -0.4 is 9.47 Å². The van der Waals surface area contributed by atoms with Crippen LogP contribution in [0.5, 0.6) is 17.2 Å².